The summed E-state index contributed by atoms with van der Waals surface area (Å²) in [6.07, 6.45) is 5.65. The molecule has 3 rings (SSSR count). The molecule has 1 heterocycles. The first-order chi connectivity index (χ1) is 8.29. The van der Waals surface area contributed by atoms with E-state index in [2.05, 4.69) is 29.4 Å². The molecule has 1 aromatic rings. The van der Waals surface area contributed by atoms with Crippen molar-refractivity contribution in [1.29, 1.82) is 0 Å². The Bertz CT molecular complexity index is 366. The topological polar surface area (TPSA) is 15.3 Å². The second-order valence-electron chi connectivity index (χ2n) is 5.66. The van der Waals surface area contributed by atoms with E-state index >= 15 is 0 Å². The van der Waals surface area contributed by atoms with Crippen LogP contribution in [0.3, 0.4) is 0 Å². The normalized spacial score (nSPS) is 20.1. The largest absolute Gasteiger partial charge is 0.309 e. The molecule has 3 heteroatoms. The lowest BCUT2D eigenvalue weighted by atomic mass is 10.3. The quantitative estimate of drug-likeness (QED) is 0.800. The van der Waals surface area contributed by atoms with E-state index in [0.717, 1.165) is 25.0 Å². The molecule has 0 unspecified atom stereocenters. The molecule has 2 aliphatic carbocycles. The summed E-state index contributed by atoms with van der Waals surface area (Å²) in [6, 6.07) is 5.41. The molecule has 1 N–H and O–H groups in total. The predicted octanol–water partition coefficient (Wildman–Crippen LogP) is 2.84. The molecule has 0 saturated heterocycles. The van der Waals surface area contributed by atoms with Gasteiger partial charge in [0.1, 0.15) is 0 Å². The van der Waals surface area contributed by atoms with Crippen molar-refractivity contribution < 1.29 is 0 Å². The predicted molar refractivity (Wildman–Crippen MR) is 73.2 cm³/mol. The van der Waals surface area contributed by atoms with Crippen molar-refractivity contribution in [1.82, 2.24) is 10.2 Å². The van der Waals surface area contributed by atoms with E-state index in [1.165, 1.54) is 42.0 Å². The Morgan fingerprint density at radius 3 is 2.71 bits per heavy atom. The van der Waals surface area contributed by atoms with Crippen LogP contribution >= 0.6 is 11.3 Å². The molecule has 17 heavy (non-hydrogen) atoms. The summed E-state index contributed by atoms with van der Waals surface area (Å²) >= 11 is 1.97. The number of nitrogens with one attached hydrogen (secondary N) is 1. The number of thiophene rings is 1. The van der Waals surface area contributed by atoms with Gasteiger partial charge in [0, 0.05) is 35.4 Å². The van der Waals surface area contributed by atoms with Crippen LogP contribution < -0.4 is 5.32 Å². The fourth-order valence-electron chi connectivity index (χ4n) is 2.21. The Hall–Kier alpha value is -0.380. The minimum absolute atomic E-state index is 0.818. The lowest BCUT2D eigenvalue weighted by Crippen LogP contribution is -2.19. The molecule has 2 nitrogen and oxygen atoms in total. The molecule has 0 radical (unpaired) electrons. The fraction of sp³-hybridized carbons (Fsp3) is 0.714. The molecule has 0 spiro atoms. The van der Waals surface area contributed by atoms with Crippen LogP contribution in [0.4, 0.5) is 0 Å². The zero-order chi connectivity index (χ0) is 11.7. The second-order valence-corrected chi connectivity index (χ2v) is 6.92. The zero-order valence-electron chi connectivity index (χ0n) is 10.6. The van der Waals surface area contributed by atoms with Crippen LogP contribution in [-0.4, -0.2) is 24.5 Å². The highest BCUT2D eigenvalue weighted by molar-refractivity contribution is 7.11. The molecule has 0 atom stereocenters. The van der Waals surface area contributed by atoms with E-state index in [0.29, 0.717) is 0 Å². The van der Waals surface area contributed by atoms with Crippen LogP contribution in [0.2, 0.25) is 0 Å². The van der Waals surface area contributed by atoms with Crippen LogP contribution in [0, 0.1) is 5.92 Å². The van der Waals surface area contributed by atoms with Crippen molar-refractivity contribution in [3.05, 3.63) is 21.9 Å². The molecule has 1 aromatic heterocycles. The Kier molecular flexibility index (Phi) is 3.50. The maximum absolute atomic E-state index is 3.58. The van der Waals surface area contributed by atoms with Crippen LogP contribution in [0.15, 0.2) is 12.1 Å². The first kappa shape index (κ1) is 11.7. The standard InChI is InChI=1S/C14H22N2S/c1-16(9-11-2-3-11)10-14-7-6-13(17-14)8-15-12-4-5-12/h6-7,11-12,15H,2-5,8-10H2,1H3. The SMILES string of the molecule is CN(Cc1ccc(CNC2CC2)s1)CC1CC1. The minimum atomic E-state index is 0.818. The zero-order valence-corrected chi connectivity index (χ0v) is 11.4. The molecule has 0 amide bonds. The number of nitrogens with zero attached hydrogens (tertiary/aromatic N) is 1. The van der Waals surface area contributed by atoms with Crippen molar-refractivity contribution in [2.75, 3.05) is 13.6 Å². The number of rotatable bonds is 7. The maximum atomic E-state index is 3.58. The van der Waals surface area contributed by atoms with E-state index in [4.69, 9.17) is 0 Å². The second kappa shape index (κ2) is 5.09. The van der Waals surface area contributed by atoms with Crippen molar-refractivity contribution in [2.24, 2.45) is 5.92 Å². The molecular weight excluding hydrogens is 228 g/mol. The van der Waals surface area contributed by atoms with E-state index in [1.54, 1.807) is 0 Å². The Labute approximate surface area is 108 Å². The van der Waals surface area contributed by atoms with Gasteiger partial charge in [-0.3, -0.25) is 0 Å². The Morgan fingerprint density at radius 1 is 1.24 bits per heavy atom. The third kappa shape index (κ3) is 3.80. The first-order valence-corrected chi connectivity index (χ1v) is 7.61. The van der Waals surface area contributed by atoms with Crippen LogP contribution in [0.25, 0.3) is 0 Å². The summed E-state index contributed by atoms with van der Waals surface area (Å²) in [5.41, 5.74) is 0. The van der Waals surface area contributed by atoms with Gasteiger partial charge in [0.25, 0.3) is 0 Å². The van der Waals surface area contributed by atoms with Gasteiger partial charge >= 0.3 is 0 Å². The van der Waals surface area contributed by atoms with Gasteiger partial charge in [-0.05, 0) is 50.8 Å². The average Bonchev–Trinajstić information content (AvgIpc) is 3.19. The Balaban J connectivity index is 1.44. The summed E-state index contributed by atoms with van der Waals surface area (Å²) in [7, 11) is 2.25. The highest BCUT2D eigenvalue weighted by Gasteiger charge is 2.23. The van der Waals surface area contributed by atoms with Gasteiger partial charge in [0.05, 0.1) is 0 Å². The third-order valence-corrected chi connectivity index (χ3v) is 4.62. The molecule has 0 bridgehead atoms. The maximum Gasteiger partial charge on any atom is 0.0325 e. The first-order valence-electron chi connectivity index (χ1n) is 6.79. The smallest absolute Gasteiger partial charge is 0.0325 e. The van der Waals surface area contributed by atoms with Crippen molar-refractivity contribution in [2.45, 2.75) is 44.8 Å². The average molecular weight is 250 g/mol. The summed E-state index contributed by atoms with van der Waals surface area (Å²) in [5.74, 6) is 0.996. The van der Waals surface area contributed by atoms with Crippen molar-refractivity contribution >= 4 is 11.3 Å². The highest BCUT2D eigenvalue weighted by Crippen LogP contribution is 2.30. The van der Waals surface area contributed by atoms with E-state index in [1.807, 2.05) is 11.3 Å². The Morgan fingerprint density at radius 2 is 2.00 bits per heavy atom. The van der Waals surface area contributed by atoms with Gasteiger partial charge in [-0.15, -0.1) is 11.3 Å². The van der Waals surface area contributed by atoms with Gasteiger partial charge in [-0.25, -0.2) is 0 Å². The van der Waals surface area contributed by atoms with Crippen LogP contribution in [0.5, 0.6) is 0 Å². The number of hydrogen-bond acceptors (Lipinski definition) is 3. The molecular formula is C14H22N2S. The molecule has 2 fully saturated rings. The summed E-state index contributed by atoms with van der Waals surface area (Å²) < 4.78 is 0. The third-order valence-electron chi connectivity index (χ3n) is 3.55. The van der Waals surface area contributed by atoms with Gasteiger partial charge in [-0.1, -0.05) is 0 Å². The van der Waals surface area contributed by atoms with Crippen molar-refractivity contribution in [3.8, 4) is 0 Å². The molecule has 2 saturated carbocycles. The lowest BCUT2D eigenvalue weighted by molar-refractivity contribution is 0.316. The lowest BCUT2D eigenvalue weighted by Gasteiger charge is -2.14. The molecule has 0 aromatic carbocycles. The van der Waals surface area contributed by atoms with Gasteiger partial charge in [-0.2, -0.15) is 0 Å². The van der Waals surface area contributed by atoms with Gasteiger partial charge in [0.2, 0.25) is 0 Å². The minimum Gasteiger partial charge on any atom is -0.309 e. The van der Waals surface area contributed by atoms with Gasteiger partial charge < -0.3 is 10.2 Å². The van der Waals surface area contributed by atoms with Gasteiger partial charge in [0.15, 0.2) is 0 Å². The summed E-state index contributed by atoms with van der Waals surface area (Å²) in [4.78, 5) is 5.48. The van der Waals surface area contributed by atoms with Crippen molar-refractivity contribution in [3.63, 3.8) is 0 Å². The summed E-state index contributed by atoms with van der Waals surface area (Å²) in [5, 5.41) is 3.58. The summed E-state index contributed by atoms with van der Waals surface area (Å²) in [6.45, 7) is 3.49. The molecule has 0 aliphatic heterocycles. The van der Waals surface area contributed by atoms with E-state index in [-0.39, 0.29) is 0 Å². The molecule has 2 aliphatic rings. The molecule has 94 valence electrons. The number of hydrogen-bond donors (Lipinski definition) is 1. The van der Waals surface area contributed by atoms with E-state index < -0.39 is 0 Å². The fourth-order valence-corrected chi connectivity index (χ4v) is 3.26. The monoisotopic (exact) mass is 250 g/mol. The van der Waals surface area contributed by atoms with Crippen LogP contribution in [0.1, 0.15) is 35.4 Å². The van der Waals surface area contributed by atoms with E-state index in [9.17, 15) is 0 Å². The highest BCUT2D eigenvalue weighted by atomic mass is 32.1. The van der Waals surface area contributed by atoms with Crippen LogP contribution in [-0.2, 0) is 13.1 Å².